The van der Waals surface area contributed by atoms with E-state index in [0.717, 1.165) is 21.1 Å². The van der Waals surface area contributed by atoms with E-state index in [0.29, 0.717) is 17.3 Å². The van der Waals surface area contributed by atoms with Gasteiger partial charge in [0.25, 0.3) is 0 Å². The zero-order valence-corrected chi connectivity index (χ0v) is 17.4. The molecule has 7 heteroatoms. The van der Waals surface area contributed by atoms with E-state index in [1.165, 1.54) is 16.9 Å². The quantitative estimate of drug-likeness (QED) is 0.496. The number of rotatable bonds is 4. The Morgan fingerprint density at radius 3 is 2.11 bits per heavy atom. The minimum Gasteiger partial charge on any atom is -0.496 e. The topological polar surface area (TPSA) is 61.5 Å². The van der Waals surface area contributed by atoms with E-state index in [2.05, 4.69) is 55.2 Å². The Hall–Kier alpha value is -2.93. The molecule has 0 radical (unpaired) electrons. The lowest BCUT2D eigenvalue weighted by Gasteiger charge is -2.18. The predicted octanol–water partition coefficient (Wildman–Crippen LogP) is 4.83. The van der Waals surface area contributed by atoms with Gasteiger partial charge in [0, 0.05) is 5.56 Å². The van der Waals surface area contributed by atoms with E-state index in [-0.39, 0.29) is 5.41 Å². The second-order valence-electron chi connectivity index (χ2n) is 7.49. The van der Waals surface area contributed by atoms with Gasteiger partial charge in [-0.1, -0.05) is 62.4 Å². The van der Waals surface area contributed by atoms with Crippen molar-refractivity contribution in [3.63, 3.8) is 0 Å². The zero-order chi connectivity index (χ0) is 19.9. The highest BCUT2D eigenvalue weighted by atomic mass is 32.1. The van der Waals surface area contributed by atoms with Crippen molar-refractivity contribution in [3.8, 4) is 33.5 Å². The van der Waals surface area contributed by atoms with Crippen LogP contribution in [0.25, 0.3) is 26.9 Å². The van der Waals surface area contributed by atoms with E-state index in [1.807, 2.05) is 18.2 Å². The molecule has 0 N–H and O–H groups in total. The lowest BCUT2D eigenvalue weighted by Crippen LogP contribution is -2.10. The molecule has 6 nitrogen and oxygen atoms in total. The summed E-state index contributed by atoms with van der Waals surface area (Å²) in [5.41, 5.74) is 3.17. The monoisotopic (exact) mass is 394 g/mol. The van der Waals surface area contributed by atoms with Crippen molar-refractivity contribution in [3.05, 3.63) is 48.0 Å². The fraction of sp³-hybridized carbons (Fsp3) is 0.286. The van der Waals surface area contributed by atoms with E-state index >= 15 is 0 Å². The summed E-state index contributed by atoms with van der Waals surface area (Å²) >= 11 is 1.45. The third-order valence-corrected chi connectivity index (χ3v) is 5.56. The van der Waals surface area contributed by atoms with Gasteiger partial charge in [0.15, 0.2) is 10.8 Å². The van der Waals surface area contributed by atoms with Crippen molar-refractivity contribution in [2.24, 2.45) is 0 Å². The Morgan fingerprint density at radius 2 is 1.54 bits per heavy atom. The van der Waals surface area contributed by atoms with E-state index < -0.39 is 0 Å². The lowest BCUT2D eigenvalue weighted by molar-refractivity contribution is 0.397. The van der Waals surface area contributed by atoms with Crippen molar-refractivity contribution >= 4 is 16.3 Å². The molecule has 0 aliphatic heterocycles. The van der Waals surface area contributed by atoms with Gasteiger partial charge < -0.3 is 9.47 Å². The highest BCUT2D eigenvalue weighted by Gasteiger charge is 2.20. The molecular formula is C21H22N4O2S. The maximum atomic E-state index is 5.52. The average molecular weight is 395 g/mol. The summed E-state index contributed by atoms with van der Waals surface area (Å²) in [6.07, 6.45) is 0. The molecule has 2 aromatic heterocycles. The standard InChI is InChI=1S/C21H22N4O2S/c1-21(2,3)14-11-9-13(10-12-14)18-22-23-20-25(18)24-19(28-20)17-15(26-4)7-6-8-16(17)27-5/h6-12H,1-5H3. The summed E-state index contributed by atoms with van der Waals surface area (Å²) < 4.78 is 12.8. The first-order chi connectivity index (χ1) is 13.4. The predicted molar refractivity (Wildman–Crippen MR) is 111 cm³/mol. The third-order valence-electron chi connectivity index (χ3n) is 4.64. The Morgan fingerprint density at radius 1 is 0.893 bits per heavy atom. The van der Waals surface area contributed by atoms with Crippen LogP contribution < -0.4 is 9.47 Å². The van der Waals surface area contributed by atoms with Crippen molar-refractivity contribution < 1.29 is 9.47 Å². The highest BCUT2D eigenvalue weighted by molar-refractivity contribution is 7.19. The number of ether oxygens (including phenoxy) is 2. The van der Waals surface area contributed by atoms with Gasteiger partial charge in [-0.2, -0.15) is 9.61 Å². The van der Waals surface area contributed by atoms with Crippen molar-refractivity contribution in [1.29, 1.82) is 0 Å². The minimum atomic E-state index is 0.104. The fourth-order valence-electron chi connectivity index (χ4n) is 3.08. The van der Waals surface area contributed by atoms with Crippen LogP contribution in [-0.2, 0) is 5.41 Å². The van der Waals surface area contributed by atoms with Crippen molar-refractivity contribution in [2.75, 3.05) is 14.2 Å². The first kappa shape index (κ1) is 18.4. The summed E-state index contributed by atoms with van der Waals surface area (Å²) in [6.45, 7) is 6.60. The summed E-state index contributed by atoms with van der Waals surface area (Å²) in [5, 5.41) is 14.2. The van der Waals surface area contributed by atoms with Gasteiger partial charge in [-0.05, 0) is 23.1 Å². The normalized spacial score (nSPS) is 11.8. The van der Waals surface area contributed by atoms with Crippen LogP contribution in [0.3, 0.4) is 0 Å². The smallest absolute Gasteiger partial charge is 0.235 e. The zero-order valence-electron chi connectivity index (χ0n) is 16.6. The number of hydrogen-bond donors (Lipinski definition) is 0. The number of methoxy groups -OCH3 is 2. The van der Waals surface area contributed by atoms with E-state index in [1.54, 1.807) is 18.7 Å². The van der Waals surface area contributed by atoms with Crippen LogP contribution in [0.4, 0.5) is 0 Å². The molecule has 144 valence electrons. The minimum absolute atomic E-state index is 0.104. The average Bonchev–Trinajstić information content (AvgIpc) is 3.27. The maximum Gasteiger partial charge on any atom is 0.235 e. The first-order valence-corrected chi connectivity index (χ1v) is 9.78. The van der Waals surface area contributed by atoms with Gasteiger partial charge in [0.1, 0.15) is 11.5 Å². The molecule has 0 atom stereocenters. The maximum absolute atomic E-state index is 5.52. The van der Waals surface area contributed by atoms with Gasteiger partial charge in [0.2, 0.25) is 4.96 Å². The summed E-state index contributed by atoms with van der Waals surface area (Å²) in [7, 11) is 3.28. The summed E-state index contributed by atoms with van der Waals surface area (Å²) in [6, 6.07) is 14.1. The Bertz CT molecular complexity index is 1100. The Balaban J connectivity index is 1.81. The van der Waals surface area contributed by atoms with Crippen LogP contribution in [0.2, 0.25) is 0 Å². The van der Waals surface area contributed by atoms with E-state index in [9.17, 15) is 0 Å². The van der Waals surface area contributed by atoms with E-state index in [4.69, 9.17) is 14.6 Å². The molecule has 2 heterocycles. The summed E-state index contributed by atoms with van der Waals surface area (Å²) in [5.74, 6) is 2.13. The highest BCUT2D eigenvalue weighted by Crippen LogP contribution is 2.40. The fourth-order valence-corrected chi connectivity index (χ4v) is 3.97. The van der Waals surface area contributed by atoms with Gasteiger partial charge in [-0.3, -0.25) is 0 Å². The molecule has 0 spiro atoms. The largest absolute Gasteiger partial charge is 0.496 e. The second kappa shape index (κ2) is 6.91. The molecule has 0 saturated heterocycles. The Kier molecular flexibility index (Phi) is 4.55. The first-order valence-electron chi connectivity index (χ1n) is 8.97. The molecule has 4 rings (SSSR count). The molecule has 28 heavy (non-hydrogen) atoms. The molecule has 4 aromatic rings. The van der Waals surface area contributed by atoms with Crippen LogP contribution in [0.15, 0.2) is 42.5 Å². The molecule has 0 bridgehead atoms. The number of aromatic nitrogens is 4. The molecule has 0 aliphatic rings. The van der Waals surface area contributed by atoms with Crippen molar-refractivity contribution in [1.82, 2.24) is 19.8 Å². The van der Waals surface area contributed by atoms with Crippen LogP contribution >= 0.6 is 11.3 Å². The van der Waals surface area contributed by atoms with Gasteiger partial charge in [-0.25, -0.2) is 0 Å². The summed E-state index contributed by atoms with van der Waals surface area (Å²) in [4.78, 5) is 0.720. The molecular weight excluding hydrogens is 372 g/mol. The van der Waals surface area contributed by atoms with Crippen LogP contribution in [-0.4, -0.2) is 34.0 Å². The van der Waals surface area contributed by atoms with Crippen molar-refractivity contribution in [2.45, 2.75) is 26.2 Å². The lowest BCUT2D eigenvalue weighted by atomic mass is 9.87. The molecule has 0 fully saturated rings. The molecule has 0 aliphatic carbocycles. The Labute approximate surface area is 167 Å². The number of hydrogen-bond acceptors (Lipinski definition) is 6. The van der Waals surface area contributed by atoms with Crippen LogP contribution in [0.5, 0.6) is 11.5 Å². The number of fused-ring (bicyclic) bond motifs is 1. The SMILES string of the molecule is COc1cccc(OC)c1-c1nn2c(-c3ccc(C(C)(C)C)cc3)nnc2s1. The molecule has 0 unspecified atom stereocenters. The molecule has 2 aromatic carbocycles. The number of nitrogens with zero attached hydrogens (tertiary/aromatic N) is 4. The van der Waals surface area contributed by atoms with Crippen LogP contribution in [0, 0.1) is 0 Å². The van der Waals surface area contributed by atoms with Crippen LogP contribution in [0.1, 0.15) is 26.3 Å². The second-order valence-corrected chi connectivity index (χ2v) is 8.45. The number of benzene rings is 2. The van der Waals surface area contributed by atoms with Gasteiger partial charge in [0.05, 0.1) is 19.8 Å². The third kappa shape index (κ3) is 3.11. The van der Waals surface area contributed by atoms with Gasteiger partial charge >= 0.3 is 0 Å². The molecule has 0 amide bonds. The van der Waals surface area contributed by atoms with Gasteiger partial charge in [-0.15, -0.1) is 10.2 Å². The molecule has 0 saturated carbocycles.